The minimum Gasteiger partial charge on any atom is -0.481 e. The van der Waals surface area contributed by atoms with E-state index in [-0.39, 0.29) is 24.8 Å². The molecule has 1 unspecified atom stereocenters. The molecule has 1 fully saturated rings. The van der Waals surface area contributed by atoms with Gasteiger partial charge in [-0.25, -0.2) is 0 Å². The molecule has 94 valence electrons. The van der Waals surface area contributed by atoms with E-state index in [9.17, 15) is 9.59 Å². The molecule has 0 bridgehead atoms. The standard InChI is InChI=1S/C12H12N2O4/c1-6-7(2)18-11(9(6)4-13)14-5-8(12(16)17)3-10(14)15/h8H,3,5H2,1-2H3,(H,16,17). The highest BCUT2D eigenvalue weighted by molar-refractivity contribution is 5.99. The zero-order valence-electron chi connectivity index (χ0n) is 10.1. The first-order valence-corrected chi connectivity index (χ1v) is 5.49. The fraction of sp³-hybridized carbons (Fsp3) is 0.417. The van der Waals surface area contributed by atoms with E-state index in [1.165, 1.54) is 4.90 Å². The monoisotopic (exact) mass is 248 g/mol. The van der Waals surface area contributed by atoms with Crippen LogP contribution < -0.4 is 4.90 Å². The van der Waals surface area contributed by atoms with Gasteiger partial charge in [0.25, 0.3) is 0 Å². The summed E-state index contributed by atoms with van der Waals surface area (Å²) in [6, 6.07) is 1.99. The quantitative estimate of drug-likeness (QED) is 0.848. The van der Waals surface area contributed by atoms with Crippen LogP contribution in [0.4, 0.5) is 5.88 Å². The van der Waals surface area contributed by atoms with Crippen molar-refractivity contribution in [1.29, 1.82) is 5.26 Å². The molecule has 0 aromatic carbocycles. The van der Waals surface area contributed by atoms with Crippen LogP contribution in [0.25, 0.3) is 0 Å². The SMILES string of the molecule is Cc1oc(N2CC(C(=O)O)CC2=O)c(C#N)c1C. The zero-order chi connectivity index (χ0) is 13.4. The second-order valence-electron chi connectivity index (χ2n) is 4.32. The predicted octanol–water partition coefficient (Wildman–Crippen LogP) is 1.21. The predicted molar refractivity (Wildman–Crippen MR) is 61.0 cm³/mol. The molecule has 18 heavy (non-hydrogen) atoms. The van der Waals surface area contributed by atoms with Gasteiger partial charge in [0.1, 0.15) is 17.4 Å². The number of rotatable bonds is 2. The second-order valence-corrected chi connectivity index (χ2v) is 4.32. The molecule has 2 rings (SSSR count). The molecule has 1 aromatic rings. The first-order chi connectivity index (χ1) is 8.45. The summed E-state index contributed by atoms with van der Waals surface area (Å²) in [5.41, 5.74) is 0.978. The van der Waals surface area contributed by atoms with Crippen molar-refractivity contribution in [3.63, 3.8) is 0 Å². The molecular weight excluding hydrogens is 236 g/mol. The largest absolute Gasteiger partial charge is 0.481 e. The highest BCUT2D eigenvalue weighted by atomic mass is 16.4. The molecule has 1 N–H and O–H groups in total. The highest BCUT2D eigenvalue weighted by Crippen LogP contribution is 2.33. The van der Waals surface area contributed by atoms with E-state index in [2.05, 4.69) is 0 Å². The molecule has 1 aliphatic heterocycles. The number of nitrogens with zero attached hydrogens (tertiary/aromatic N) is 2. The summed E-state index contributed by atoms with van der Waals surface area (Å²) in [5.74, 6) is -1.35. The van der Waals surface area contributed by atoms with Crippen LogP contribution in [0, 0.1) is 31.1 Å². The van der Waals surface area contributed by atoms with Crippen LogP contribution in [0.1, 0.15) is 23.3 Å². The Hall–Kier alpha value is -2.29. The third-order valence-corrected chi connectivity index (χ3v) is 3.20. The molecule has 0 radical (unpaired) electrons. The number of carboxylic acids is 1. The number of carbonyl (C=O) groups excluding carboxylic acids is 1. The summed E-state index contributed by atoms with van der Waals surface area (Å²) in [4.78, 5) is 23.9. The third-order valence-electron chi connectivity index (χ3n) is 3.20. The number of furan rings is 1. The van der Waals surface area contributed by atoms with E-state index in [1.54, 1.807) is 13.8 Å². The summed E-state index contributed by atoms with van der Waals surface area (Å²) >= 11 is 0. The Morgan fingerprint density at radius 3 is 2.72 bits per heavy atom. The molecule has 1 atom stereocenters. The lowest BCUT2D eigenvalue weighted by molar-refractivity contribution is -0.141. The van der Waals surface area contributed by atoms with Crippen molar-refractivity contribution in [2.45, 2.75) is 20.3 Å². The maximum Gasteiger partial charge on any atom is 0.308 e. The van der Waals surface area contributed by atoms with Crippen molar-refractivity contribution in [1.82, 2.24) is 0 Å². The Labute approximate surface area is 103 Å². The molecule has 2 heterocycles. The molecule has 6 heteroatoms. The second kappa shape index (κ2) is 4.18. The molecule has 1 saturated heterocycles. The van der Waals surface area contributed by atoms with Crippen LogP contribution in [0.3, 0.4) is 0 Å². The van der Waals surface area contributed by atoms with E-state index in [0.29, 0.717) is 16.9 Å². The van der Waals surface area contributed by atoms with Crippen LogP contribution in [-0.4, -0.2) is 23.5 Å². The molecule has 6 nitrogen and oxygen atoms in total. The van der Waals surface area contributed by atoms with Crippen LogP contribution in [0.15, 0.2) is 4.42 Å². The van der Waals surface area contributed by atoms with Crippen molar-refractivity contribution in [2.24, 2.45) is 5.92 Å². The molecule has 1 aliphatic rings. The van der Waals surface area contributed by atoms with Crippen molar-refractivity contribution in [3.8, 4) is 6.07 Å². The van der Waals surface area contributed by atoms with Gasteiger partial charge in [0.05, 0.1) is 5.92 Å². The molecule has 0 saturated carbocycles. The van der Waals surface area contributed by atoms with E-state index >= 15 is 0 Å². The number of hydrogen-bond donors (Lipinski definition) is 1. The molecule has 0 spiro atoms. The van der Waals surface area contributed by atoms with E-state index in [4.69, 9.17) is 14.8 Å². The number of aryl methyl sites for hydroxylation is 1. The smallest absolute Gasteiger partial charge is 0.308 e. The van der Waals surface area contributed by atoms with Crippen molar-refractivity contribution >= 4 is 17.8 Å². The third kappa shape index (κ3) is 1.74. The Morgan fingerprint density at radius 2 is 2.22 bits per heavy atom. The first-order valence-electron chi connectivity index (χ1n) is 5.49. The lowest BCUT2D eigenvalue weighted by Crippen LogP contribution is -2.26. The number of anilines is 1. The van der Waals surface area contributed by atoms with Crippen LogP contribution in [0.5, 0.6) is 0 Å². The number of carboxylic acid groups (broad SMARTS) is 1. The zero-order valence-corrected chi connectivity index (χ0v) is 10.1. The Morgan fingerprint density at radius 1 is 1.56 bits per heavy atom. The van der Waals surface area contributed by atoms with Crippen molar-refractivity contribution < 1.29 is 19.1 Å². The Kier molecular flexibility index (Phi) is 2.83. The summed E-state index contributed by atoms with van der Waals surface area (Å²) in [6.07, 6.45) is -0.0566. The maximum atomic E-state index is 11.8. The van der Waals surface area contributed by atoms with Gasteiger partial charge in [-0.2, -0.15) is 5.26 Å². The van der Waals surface area contributed by atoms with E-state index < -0.39 is 11.9 Å². The van der Waals surface area contributed by atoms with Gasteiger partial charge in [-0.1, -0.05) is 0 Å². The van der Waals surface area contributed by atoms with Crippen LogP contribution in [0.2, 0.25) is 0 Å². The van der Waals surface area contributed by atoms with Gasteiger partial charge in [-0.15, -0.1) is 0 Å². The summed E-state index contributed by atoms with van der Waals surface area (Å²) in [5, 5.41) is 18.0. The average Bonchev–Trinajstić information content (AvgIpc) is 2.81. The van der Waals surface area contributed by atoms with Crippen molar-refractivity contribution in [3.05, 3.63) is 16.9 Å². The maximum absolute atomic E-state index is 11.8. The molecule has 1 amide bonds. The normalized spacial score (nSPS) is 19.1. The van der Waals surface area contributed by atoms with Gasteiger partial charge in [-0.05, 0) is 13.8 Å². The molecular formula is C12H12N2O4. The molecule has 0 aliphatic carbocycles. The number of nitriles is 1. The van der Waals surface area contributed by atoms with E-state index in [0.717, 1.165) is 0 Å². The summed E-state index contributed by atoms with van der Waals surface area (Å²) in [7, 11) is 0. The minimum absolute atomic E-state index is 0.0508. The van der Waals surface area contributed by atoms with Gasteiger partial charge in [0.2, 0.25) is 11.8 Å². The number of carbonyl (C=O) groups is 2. The number of hydrogen-bond acceptors (Lipinski definition) is 4. The Balaban J connectivity index is 2.39. The fourth-order valence-electron chi connectivity index (χ4n) is 2.00. The van der Waals surface area contributed by atoms with Gasteiger partial charge >= 0.3 is 5.97 Å². The number of amides is 1. The van der Waals surface area contributed by atoms with Gasteiger partial charge in [0, 0.05) is 18.5 Å². The van der Waals surface area contributed by atoms with E-state index in [1.807, 2.05) is 6.07 Å². The minimum atomic E-state index is -1.01. The van der Waals surface area contributed by atoms with Gasteiger partial charge in [0.15, 0.2) is 0 Å². The van der Waals surface area contributed by atoms with Crippen LogP contribution in [-0.2, 0) is 9.59 Å². The Bertz CT molecular complexity index is 567. The van der Waals surface area contributed by atoms with Gasteiger partial charge < -0.3 is 9.52 Å². The average molecular weight is 248 g/mol. The highest BCUT2D eigenvalue weighted by Gasteiger charge is 2.38. The summed E-state index contributed by atoms with van der Waals surface area (Å²) in [6.45, 7) is 3.49. The lowest BCUT2D eigenvalue weighted by atomic mass is 10.1. The topological polar surface area (TPSA) is 94.5 Å². The summed E-state index contributed by atoms with van der Waals surface area (Å²) < 4.78 is 5.41. The van der Waals surface area contributed by atoms with Gasteiger partial charge in [-0.3, -0.25) is 14.5 Å². The van der Waals surface area contributed by atoms with Crippen LogP contribution >= 0.6 is 0 Å². The lowest BCUT2D eigenvalue weighted by Gasteiger charge is -2.12. The number of aliphatic carboxylic acids is 1. The fourth-order valence-corrected chi connectivity index (χ4v) is 2.00. The first kappa shape index (κ1) is 12.2. The van der Waals surface area contributed by atoms with Crippen molar-refractivity contribution in [2.75, 3.05) is 11.4 Å². The molecule has 1 aromatic heterocycles.